The van der Waals surface area contributed by atoms with Crippen molar-refractivity contribution in [1.29, 1.82) is 0 Å². The van der Waals surface area contributed by atoms with Gasteiger partial charge in [0.2, 0.25) is 6.29 Å². The van der Waals surface area contributed by atoms with E-state index in [4.69, 9.17) is 4.74 Å². The summed E-state index contributed by atoms with van der Waals surface area (Å²) in [5, 5.41) is 2.74. The molecule has 1 aromatic rings. The molecule has 0 spiro atoms. The molecule has 1 rings (SSSR count). The molecular formula is C11H12NO3. The van der Waals surface area contributed by atoms with Gasteiger partial charge in [0, 0.05) is 6.54 Å². The van der Waals surface area contributed by atoms with Crippen LogP contribution in [0.1, 0.15) is 10.4 Å². The first-order valence-corrected chi connectivity index (χ1v) is 4.56. The lowest BCUT2D eigenvalue weighted by Crippen LogP contribution is -2.30. The van der Waals surface area contributed by atoms with Gasteiger partial charge >= 0.3 is 5.97 Å². The van der Waals surface area contributed by atoms with E-state index in [1.54, 1.807) is 43.7 Å². The van der Waals surface area contributed by atoms with Crippen molar-refractivity contribution in [2.45, 2.75) is 6.10 Å². The standard InChI is InChI=1S/C11H12NO3/c1-12-7-10(8-13)15-11(14)9-5-3-2-4-6-9/h2-6,10,12H,7H2,1H3. The first-order valence-electron chi connectivity index (χ1n) is 4.56. The number of esters is 1. The first-order chi connectivity index (χ1) is 7.27. The Kier molecular flexibility index (Phi) is 4.50. The fourth-order valence-corrected chi connectivity index (χ4v) is 1.06. The average molecular weight is 206 g/mol. The van der Waals surface area contributed by atoms with Crippen LogP contribution < -0.4 is 5.32 Å². The molecule has 1 atom stereocenters. The van der Waals surface area contributed by atoms with Crippen molar-refractivity contribution in [2.24, 2.45) is 0 Å². The summed E-state index contributed by atoms with van der Waals surface area (Å²) in [6, 6.07) is 8.52. The fourth-order valence-electron chi connectivity index (χ4n) is 1.06. The van der Waals surface area contributed by atoms with E-state index in [0.717, 1.165) is 0 Å². The number of carbonyl (C=O) groups excluding carboxylic acids is 2. The minimum Gasteiger partial charge on any atom is -0.449 e. The molecule has 0 aliphatic carbocycles. The van der Waals surface area contributed by atoms with Gasteiger partial charge in [-0.1, -0.05) is 18.2 Å². The molecule has 1 unspecified atom stereocenters. The number of benzene rings is 1. The van der Waals surface area contributed by atoms with Crippen LogP contribution in [-0.4, -0.2) is 32.0 Å². The summed E-state index contributed by atoms with van der Waals surface area (Å²) in [6.07, 6.45) is 0.789. The van der Waals surface area contributed by atoms with Crippen LogP contribution in [0.15, 0.2) is 30.3 Å². The van der Waals surface area contributed by atoms with Gasteiger partial charge in [0.15, 0.2) is 6.10 Å². The highest BCUT2D eigenvalue weighted by molar-refractivity contribution is 5.90. The highest BCUT2D eigenvalue weighted by atomic mass is 16.5. The van der Waals surface area contributed by atoms with Crippen LogP contribution >= 0.6 is 0 Å². The minimum absolute atomic E-state index is 0.266. The second-order valence-electron chi connectivity index (χ2n) is 2.94. The second-order valence-corrected chi connectivity index (χ2v) is 2.94. The fraction of sp³-hybridized carbons (Fsp3) is 0.273. The summed E-state index contributed by atoms with van der Waals surface area (Å²) in [5.74, 6) is -0.515. The molecule has 1 aromatic carbocycles. The summed E-state index contributed by atoms with van der Waals surface area (Å²) in [6.45, 7) is 0.266. The van der Waals surface area contributed by atoms with E-state index >= 15 is 0 Å². The zero-order chi connectivity index (χ0) is 11.1. The van der Waals surface area contributed by atoms with Gasteiger partial charge in [-0.25, -0.2) is 4.79 Å². The third-order valence-electron chi connectivity index (χ3n) is 1.78. The zero-order valence-electron chi connectivity index (χ0n) is 8.40. The van der Waals surface area contributed by atoms with Gasteiger partial charge in [0.25, 0.3) is 0 Å². The first kappa shape index (κ1) is 11.4. The van der Waals surface area contributed by atoms with Crippen LogP contribution in [0.5, 0.6) is 0 Å². The quantitative estimate of drug-likeness (QED) is 0.714. The second kappa shape index (κ2) is 5.93. The Morgan fingerprint density at radius 3 is 2.67 bits per heavy atom. The molecule has 0 aliphatic heterocycles. The molecule has 0 amide bonds. The molecule has 0 saturated carbocycles. The summed E-state index contributed by atoms with van der Waals surface area (Å²) in [7, 11) is 1.67. The number of rotatable bonds is 5. The molecule has 0 aliphatic rings. The predicted octanol–water partition coefficient (Wildman–Crippen LogP) is 0.541. The third kappa shape index (κ3) is 3.52. The lowest BCUT2D eigenvalue weighted by molar-refractivity contribution is 0.0424. The van der Waals surface area contributed by atoms with Gasteiger partial charge in [-0.2, -0.15) is 0 Å². The highest BCUT2D eigenvalue weighted by Gasteiger charge is 2.14. The maximum Gasteiger partial charge on any atom is 0.338 e. The van der Waals surface area contributed by atoms with Crippen molar-refractivity contribution >= 4 is 12.3 Å². The molecule has 0 heterocycles. The molecule has 79 valence electrons. The Balaban J connectivity index is 2.58. The van der Waals surface area contributed by atoms with Gasteiger partial charge < -0.3 is 10.1 Å². The number of nitrogens with one attached hydrogen (secondary N) is 1. The number of hydrogen-bond acceptors (Lipinski definition) is 4. The van der Waals surface area contributed by atoms with Crippen LogP contribution in [0, 0.1) is 0 Å². The van der Waals surface area contributed by atoms with Crippen molar-refractivity contribution in [1.82, 2.24) is 5.32 Å². The van der Waals surface area contributed by atoms with E-state index in [2.05, 4.69) is 5.32 Å². The Morgan fingerprint density at radius 1 is 1.47 bits per heavy atom. The molecule has 0 fully saturated rings. The van der Waals surface area contributed by atoms with Crippen LogP contribution in [0.3, 0.4) is 0 Å². The number of carbonyl (C=O) groups is 1. The normalized spacial score (nSPS) is 11.8. The van der Waals surface area contributed by atoms with Crippen LogP contribution in [0.2, 0.25) is 0 Å². The molecule has 15 heavy (non-hydrogen) atoms. The Morgan fingerprint density at radius 2 is 2.13 bits per heavy atom. The number of ether oxygens (including phenoxy) is 1. The van der Waals surface area contributed by atoms with Gasteiger partial charge in [0.1, 0.15) is 0 Å². The molecule has 4 heteroatoms. The Hall–Kier alpha value is -1.68. The Bertz CT molecular complexity index is 324. The molecule has 1 radical (unpaired) electrons. The lowest BCUT2D eigenvalue weighted by atomic mass is 10.2. The average Bonchev–Trinajstić information content (AvgIpc) is 2.29. The summed E-state index contributed by atoms with van der Waals surface area (Å²) < 4.78 is 4.90. The molecular weight excluding hydrogens is 194 g/mol. The lowest BCUT2D eigenvalue weighted by Gasteiger charge is -2.10. The Labute approximate surface area is 88.2 Å². The number of hydrogen-bond donors (Lipinski definition) is 1. The van der Waals surface area contributed by atoms with E-state index in [1.807, 2.05) is 0 Å². The van der Waals surface area contributed by atoms with Crippen molar-refractivity contribution in [3.63, 3.8) is 0 Å². The van der Waals surface area contributed by atoms with Crippen LogP contribution in [0.25, 0.3) is 0 Å². The van der Waals surface area contributed by atoms with Crippen molar-refractivity contribution in [2.75, 3.05) is 13.6 Å². The van der Waals surface area contributed by atoms with E-state index in [-0.39, 0.29) is 6.54 Å². The van der Waals surface area contributed by atoms with Gasteiger partial charge in [-0.15, -0.1) is 0 Å². The van der Waals surface area contributed by atoms with Crippen molar-refractivity contribution in [3.05, 3.63) is 35.9 Å². The minimum atomic E-state index is -0.859. The summed E-state index contributed by atoms with van der Waals surface area (Å²) >= 11 is 0. The zero-order valence-corrected chi connectivity index (χ0v) is 8.40. The predicted molar refractivity (Wildman–Crippen MR) is 55.3 cm³/mol. The van der Waals surface area contributed by atoms with E-state index in [9.17, 15) is 9.59 Å². The van der Waals surface area contributed by atoms with Gasteiger partial charge in [-0.05, 0) is 19.2 Å². The highest BCUT2D eigenvalue weighted by Crippen LogP contribution is 2.02. The van der Waals surface area contributed by atoms with Gasteiger partial charge in [0.05, 0.1) is 5.56 Å². The molecule has 0 bridgehead atoms. The SMILES string of the molecule is CNCC([C]=O)OC(=O)c1ccccc1. The van der Waals surface area contributed by atoms with Gasteiger partial charge in [-0.3, -0.25) is 4.79 Å². The molecule has 1 N–H and O–H groups in total. The summed E-state index contributed by atoms with van der Waals surface area (Å²) in [5.41, 5.74) is 0.425. The topological polar surface area (TPSA) is 55.4 Å². The van der Waals surface area contributed by atoms with Crippen molar-refractivity contribution < 1.29 is 14.3 Å². The summed E-state index contributed by atoms with van der Waals surface area (Å²) in [4.78, 5) is 21.9. The smallest absolute Gasteiger partial charge is 0.338 e. The van der Waals surface area contributed by atoms with E-state index in [1.165, 1.54) is 0 Å². The monoisotopic (exact) mass is 206 g/mol. The van der Waals surface area contributed by atoms with Crippen LogP contribution in [-0.2, 0) is 9.53 Å². The maximum atomic E-state index is 11.5. The third-order valence-corrected chi connectivity index (χ3v) is 1.78. The largest absolute Gasteiger partial charge is 0.449 e. The van der Waals surface area contributed by atoms with E-state index < -0.39 is 12.1 Å². The van der Waals surface area contributed by atoms with E-state index in [0.29, 0.717) is 5.56 Å². The molecule has 4 nitrogen and oxygen atoms in total. The maximum absolute atomic E-state index is 11.5. The van der Waals surface area contributed by atoms with Crippen molar-refractivity contribution in [3.8, 4) is 0 Å². The molecule has 0 aromatic heterocycles. The molecule has 0 saturated heterocycles. The number of likely N-dealkylation sites (N-methyl/N-ethyl adjacent to an activating group) is 1. The van der Waals surface area contributed by atoms with Crippen LogP contribution in [0.4, 0.5) is 0 Å².